The van der Waals surface area contributed by atoms with Crippen LogP contribution < -0.4 is 5.32 Å². The lowest BCUT2D eigenvalue weighted by atomic mass is 10.4. The molecule has 5 heteroatoms. The lowest BCUT2D eigenvalue weighted by Crippen LogP contribution is -2.42. The molecule has 0 aliphatic rings. The molecule has 5 nitrogen and oxygen atoms in total. The molecule has 90 valence electrons. The maximum atomic E-state index is 11.4. The number of rotatable bonds is 6. The Labute approximate surface area is 96.8 Å². The minimum absolute atomic E-state index is 0.0217. The number of likely N-dealkylation sites (N-methyl/N-ethyl adjacent to an activating group) is 2. The minimum Gasteiger partial charge on any atom is -0.348 e. The SMILES string of the molecule is C#CCNC(=O)CN(CC)CC(=O)N(C)C. The van der Waals surface area contributed by atoms with Crippen LogP contribution in [0.5, 0.6) is 0 Å². The van der Waals surface area contributed by atoms with Crippen molar-refractivity contribution in [1.82, 2.24) is 15.1 Å². The summed E-state index contributed by atoms with van der Waals surface area (Å²) >= 11 is 0. The van der Waals surface area contributed by atoms with Gasteiger partial charge in [0.1, 0.15) is 0 Å². The Morgan fingerprint density at radius 2 is 1.94 bits per heavy atom. The summed E-state index contributed by atoms with van der Waals surface area (Å²) in [6.45, 7) is 3.20. The van der Waals surface area contributed by atoms with Gasteiger partial charge in [0.25, 0.3) is 0 Å². The summed E-state index contributed by atoms with van der Waals surface area (Å²) in [6, 6.07) is 0. The van der Waals surface area contributed by atoms with Gasteiger partial charge in [0.2, 0.25) is 11.8 Å². The first kappa shape index (κ1) is 14.5. The second-order valence-corrected chi connectivity index (χ2v) is 3.57. The second-order valence-electron chi connectivity index (χ2n) is 3.57. The molecule has 0 aliphatic heterocycles. The van der Waals surface area contributed by atoms with E-state index in [0.29, 0.717) is 6.54 Å². The molecule has 0 unspecified atom stereocenters. The summed E-state index contributed by atoms with van der Waals surface area (Å²) in [7, 11) is 3.38. The topological polar surface area (TPSA) is 52.7 Å². The van der Waals surface area contributed by atoms with E-state index in [9.17, 15) is 9.59 Å². The van der Waals surface area contributed by atoms with E-state index in [2.05, 4.69) is 11.2 Å². The van der Waals surface area contributed by atoms with Crippen LogP contribution >= 0.6 is 0 Å². The Morgan fingerprint density at radius 1 is 1.31 bits per heavy atom. The van der Waals surface area contributed by atoms with Gasteiger partial charge in [-0.15, -0.1) is 6.42 Å². The Bertz CT molecular complexity index is 281. The molecule has 0 saturated carbocycles. The van der Waals surface area contributed by atoms with Crippen LogP contribution in [-0.2, 0) is 9.59 Å². The quantitative estimate of drug-likeness (QED) is 0.599. The zero-order valence-electron chi connectivity index (χ0n) is 10.1. The normalized spacial score (nSPS) is 9.69. The van der Waals surface area contributed by atoms with Crippen molar-refractivity contribution in [3.8, 4) is 12.3 Å². The summed E-state index contributed by atoms with van der Waals surface area (Å²) in [5, 5.41) is 2.56. The molecule has 0 aromatic rings. The average molecular weight is 225 g/mol. The number of carbonyl (C=O) groups is 2. The van der Waals surface area contributed by atoms with Gasteiger partial charge in [-0.1, -0.05) is 12.8 Å². The number of terminal acetylenes is 1. The molecule has 0 fully saturated rings. The van der Waals surface area contributed by atoms with Gasteiger partial charge in [0.05, 0.1) is 19.6 Å². The molecular formula is C11H19N3O2. The Balaban J connectivity index is 4.06. The summed E-state index contributed by atoms with van der Waals surface area (Å²) in [5.74, 6) is 2.14. The fraction of sp³-hybridized carbons (Fsp3) is 0.636. The molecule has 0 spiro atoms. The van der Waals surface area contributed by atoms with E-state index in [1.165, 1.54) is 4.90 Å². The lowest BCUT2D eigenvalue weighted by Gasteiger charge is -2.21. The molecule has 0 heterocycles. The fourth-order valence-electron chi connectivity index (χ4n) is 1.02. The monoisotopic (exact) mass is 225 g/mol. The third-order valence-electron chi connectivity index (χ3n) is 2.06. The second kappa shape index (κ2) is 7.71. The zero-order chi connectivity index (χ0) is 12.6. The predicted octanol–water partition coefficient (Wildman–Crippen LogP) is -0.854. The third kappa shape index (κ3) is 6.04. The molecule has 0 bridgehead atoms. The highest BCUT2D eigenvalue weighted by atomic mass is 16.2. The predicted molar refractivity (Wildman–Crippen MR) is 62.7 cm³/mol. The van der Waals surface area contributed by atoms with Crippen molar-refractivity contribution >= 4 is 11.8 Å². The van der Waals surface area contributed by atoms with Crippen molar-refractivity contribution < 1.29 is 9.59 Å². The van der Waals surface area contributed by atoms with Crippen molar-refractivity contribution in [3.05, 3.63) is 0 Å². The number of amides is 2. The first-order valence-electron chi connectivity index (χ1n) is 5.13. The Hall–Kier alpha value is -1.54. The van der Waals surface area contributed by atoms with E-state index in [1.54, 1.807) is 19.0 Å². The highest BCUT2D eigenvalue weighted by Gasteiger charge is 2.13. The first-order chi connectivity index (χ1) is 7.51. The van der Waals surface area contributed by atoms with E-state index in [1.807, 2.05) is 6.92 Å². The summed E-state index contributed by atoms with van der Waals surface area (Å²) in [5.41, 5.74) is 0. The van der Waals surface area contributed by atoms with Crippen LogP contribution in [0.25, 0.3) is 0 Å². The lowest BCUT2D eigenvalue weighted by molar-refractivity contribution is -0.130. The van der Waals surface area contributed by atoms with E-state index >= 15 is 0 Å². The summed E-state index contributed by atoms with van der Waals surface area (Å²) in [4.78, 5) is 26.0. The number of nitrogens with one attached hydrogen (secondary N) is 1. The van der Waals surface area contributed by atoms with Crippen molar-refractivity contribution in [1.29, 1.82) is 0 Å². The van der Waals surface area contributed by atoms with Gasteiger partial charge in [-0.05, 0) is 6.54 Å². The van der Waals surface area contributed by atoms with Crippen LogP contribution in [0.4, 0.5) is 0 Å². The molecular weight excluding hydrogens is 206 g/mol. The molecule has 0 saturated heterocycles. The molecule has 0 aromatic carbocycles. The van der Waals surface area contributed by atoms with Crippen molar-refractivity contribution in [2.45, 2.75) is 6.92 Å². The molecule has 2 amide bonds. The molecule has 0 aliphatic carbocycles. The zero-order valence-corrected chi connectivity index (χ0v) is 10.1. The molecule has 0 rings (SSSR count). The van der Waals surface area contributed by atoms with Gasteiger partial charge in [-0.25, -0.2) is 0 Å². The molecule has 0 atom stereocenters. The summed E-state index contributed by atoms with van der Waals surface area (Å²) < 4.78 is 0. The van der Waals surface area contributed by atoms with Crippen LogP contribution in [0.3, 0.4) is 0 Å². The van der Waals surface area contributed by atoms with Crippen molar-refractivity contribution in [2.75, 3.05) is 40.3 Å². The van der Waals surface area contributed by atoms with Gasteiger partial charge in [-0.2, -0.15) is 0 Å². The van der Waals surface area contributed by atoms with Crippen LogP contribution in [-0.4, -0.2) is 61.9 Å². The maximum absolute atomic E-state index is 11.4. The maximum Gasteiger partial charge on any atom is 0.236 e. The van der Waals surface area contributed by atoms with Crippen LogP contribution in [0.1, 0.15) is 6.92 Å². The first-order valence-corrected chi connectivity index (χ1v) is 5.13. The van der Waals surface area contributed by atoms with Gasteiger partial charge < -0.3 is 10.2 Å². The standard InChI is InChI=1S/C11H19N3O2/c1-5-7-12-10(15)8-14(6-2)9-11(16)13(3)4/h1H,6-9H2,2-4H3,(H,12,15). The molecule has 16 heavy (non-hydrogen) atoms. The third-order valence-corrected chi connectivity index (χ3v) is 2.06. The van der Waals surface area contributed by atoms with Gasteiger partial charge >= 0.3 is 0 Å². The van der Waals surface area contributed by atoms with E-state index in [-0.39, 0.29) is 31.4 Å². The average Bonchev–Trinajstić information content (AvgIpc) is 2.24. The van der Waals surface area contributed by atoms with E-state index in [0.717, 1.165) is 0 Å². The molecule has 0 aromatic heterocycles. The van der Waals surface area contributed by atoms with Gasteiger partial charge in [-0.3, -0.25) is 14.5 Å². The largest absolute Gasteiger partial charge is 0.348 e. The smallest absolute Gasteiger partial charge is 0.236 e. The van der Waals surface area contributed by atoms with Crippen LogP contribution in [0.2, 0.25) is 0 Å². The van der Waals surface area contributed by atoms with Crippen LogP contribution in [0, 0.1) is 12.3 Å². The Kier molecular flexibility index (Phi) is 6.97. The molecule has 0 radical (unpaired) electrons. The number of carbonyl (C=O) groups excluding carboxylic acids is 2. The minimum atomic E-state index is -0.161. The number of hydrogen-bond donors (Lipinski definition) is 1. The van der Waals surface area contributed by atoms with Crippen LogP contribution in [0.15, 0.2) is 0 Å². The molecule has 1 N–H and O–H groups in total. The highest BCUT2D eigenvalue weighted by Crippen LogP contribution is 1.90. The van der Waals surface area contributed by atoms with Gasteiger partial charge in [0, 0.05) is 14.1 Å². The van der Waals surface area contributed by atoms with E-state index in [4.69, 9.17) is 6.42 Å². The van der Waals surface area contributed by atoms with E-state index < -0.39 is 0 Å². The summed E-state index contributed by atoms with van der Waals surface area (Å²) in [6.07, 6.45) is 5.02. The van der Waals surface area contributed by atoms with Gasteiger partial charge in [0.15, 0.2) is 0 Å². The fourth-order valence-corrected chi connectivity index (χ4v) is 1.02. The highest BCUT2D eigenvalue weighted by molar-refractivity contribution is 5.81. The number of hydrogen-bond acceptors (Lipinski definition) is 3. The van der Waals surface area contributed by atoms with Crippen molar-refractivity contribution in [3.63, 3.8) is 0 Å². The number of nitrogens with zero attached hydrogens (tertiary/aromatic N) is 2. The Morgan fingerprint density at radius 3 is 2.38 bits per heavy atom. The van der Waals surface area contributed by atoms with Crippen molar-refractivity contribution in [2.24, 2.45) is 0 Å².